The van der Waals surface area contributed by atoms with Crippen LogP contribution >= 0.6 is 0 Å². The van der Waals surface area contributed by atoms with Gasteiger partial charge in [-0.1, -0.05) is 127 Å². The molecule has 0 radical (unpaired) electrons. The molecule has 0 aliphatic heterocycles. The summed E-state index contributed by atoms with van der Waals surface area (Å²) in [6.45, 7) is 0. The zero-order valence-corrected chi connectivity index (χ0v) is 27.7. The summed E-state index contributed by atoms with van der Waals surface area (Å²) in [6.07, 6.45) is 0. The number of para-hydroxylation sites is 3. The highest BCUT2D eigenvalue weighted by molar-refractivity contribution is 6.12. The molecule has 51 heavy (non-hydrogen) atoms. The third-order valence-electron chi connectivity index (χ3n) is 11.7. The Hall–Kier alpha value is -6.64. The van der Waals surface area contributed by atoms with Crippen molar-refractivity contribution < 1.29 is 0 Å². The second kappa shape index (κ2) is 9.74. The van der Waals surface area contributed by atoms with E-state index in [2.05, 4.69) is 191 Å². The lowest BCUT2D eigenvalue weighted by Gasteiger charge is -2.34. The molecule has 0 fully saturated rings. The zero-order chi connectivity index (χ0) is 33.3. The highest BCUT2D eigenvalue weighted by atomic mass is 15.1. The van der Waals surface area contributed by atoms with Gasteiger partial charge in [0, 0.05) is 33.4 Å². The van der Waals surface area contributed by atoms with Crippen molar-refractivity contribution in [1.82, 2.24) is 4.57 Å². The molecule has 3 aliphatic rings. The Morgan fingerprint density at radius 1 is 0.373 bits per heavy atom. The summed E-state index contributed by atoms with van der Waals surface area (Å²) in [5, 5.41) is 2.49. The number of hydrogen-bond acceptors (Lipinski definition) is 1. The first-order valence-electron chi connectivity index (χ1n) is 17.8. The Morgan fingerprint density at radius 2 is 0.922 bits per heavy atom. The van der Waals surface area contributed by atoms with Crippen LogP contribution in [0.3, 0.4) is 0 Å². The van der Waals surface area contributed by atoms with Crippen molar-refractivity contribution in [2.75, 3.05) is 4.90 Å². The van der Waals surface area contributed by atoms with E-state index in [1.807, 2.05) is 0 Å². The third-order valence-corrected chi connectivity index (χ3v) is 11.7. The van der Waals surface area contributed by atoms with Gasteiger partial charge < -0.3 is 9.47 Å². The topological polar surface area (TPSA) is 8.17 Å². The van der Waals surface area contributed by atoms with Gasteiger partial charge in [-0.2, -0.15) is 0 Å². The molecule has 9 aromatic rings. The van der Waals surface area contributed by atoms with E-state index in [1.54, 1.807) is 0 Å². The van der Waals surface area contributed by atoms with Gasteiger partial charge in [0.1, 0.15) is 0 Å². The van der Waals surface area contributed by atoms with Crippen LogP contribution in [0.4, 0.5) is 17.1 Å². The average molecular weight is 647 g/mol. The van der Waals surface area contributed by atoms with Crippen LogP contribution in [-0.2, 0) is 5.41 Å². The van der Waals surface area contributed by atoms with Crippen LogP contribution < -0.4 is 4.90 Å². The Labute approximate surface area is 296 Å². The first-order chi connectivity index (χ1) is 25.3. The number of nitrogens with zero attached hydrogens (tertiary/aromatic N) is 2. The lowest BCUT2D eigenvalue weighted by atomic mass is 9.72. The molecule has 1 spiro atoms. The molecule has 2 nitrogen and oxygen atoms in total. The van der Waals surface area contributed by atoms with E-state index in [4.69, 9.17) is 0 Å². The van der Waals surface area contributed by atoms with Gasteiger partial charge in [-0.3, -0.25) is 0 Å². The molecule has 0 saturated heterocycles. The standard InChI is InChI=1S/C49H30N2/c1-3-14-31(15-4-1)50(33-28-29-44-41(30-33)35-19-8-10-26-43(35)51(44)32-16-5-2-6-17-32)45-27-13-24-40-39-23-12-22-38-37-21-11-20-36-34-18-7-9-25-42(34)49(46(36)37,47(38)39)48(40)45/h1-30H. The molecule has 0 N–H and O–H groups in total. The van der Waals surface area contributed by atoms with Crippen molar-refractivity contribution >= 4 is 38.9 Å². The van der Waals surface area contributed by atoms with Crippen molar-refractivity contribution in [3.63, 3.8) is 0 Å². The minimum absolute atomic E-state index is 0.388. The summed E-state index contributed by atoms with van der Waals surface area (Å²) < 4.78 is 2.39. The van der Waals surface area contributed by atoms with Crippen LogP contribution in [0, 0.1) is 0 Å². The molecule has 12 rings (SSSR count). The quantitative estimate of drug-likeness (QED) is 0.185. The van der Waals surface area contributed by atoms with Crippen molar-refractivity contribution in [3.05, 3.63) is 204 Å². The second-order valence-electron chi connectivity index (χ2n) is 14.0. The van der Waals surface area contributed by atoms with Crippen LogP contribution in [-0.4, -0.2) is 4.57 Å². The van der Waals surface area contributed by atoms with Gasteiger partial charge in [-0.15, -0.1) is 0 Å². The molecule has 1 heterocycles. The van der Waals surface area contributed by atoms with E-state index in [1.165, 1.54) is 88.8 Å². The van der Waals surface area contributed by atoms with Crippen LogP contribution in [0.15, 0.2) is 182 Å². The first kappa shape index (κ1) is 27.2. The Balaban J connectivity index is 1.18. The summed E-state index contributed by atoms with van der Waals surface area (Å²) in [4.78, 5) is 2.51. The van der Waals surface area contributed by atoms with Crippen LogP contribution in [0.5, 0.6) is 0 Å². The highest BCUT2D eigenvalue weighted by Gasteiger charge is 2.58. The maximum Gasteiger partial charge on any atom is 0.0758 e. The van der Waals surface area contributed by atoms with Crippen molar-refractivity contribution in [1.29, 1.82) is 0 Å². The van der Waals surface area contributed by atoms with Crippen LogP contribution in [0.2, 0.25) is 0 Å². The van der Waals surface area contributed by atoms with E-state index in [0.717, 1.165) is 11.4 Å². The average Bonchev–Trinajstić information content (AvgIpc) is 3.89. The number of rotatable bonds is 4. The predicted molar refractivity (Wildman–Crippen MR) is 211 cm³/mol. The van der Waals surface area contributed by atoms with Gasteiger partial charge in [0.15, 0.2) is 0 Å². The minimum Gasteiger partial charge on any atom is -0.310 e. The molecule has 2 heteroatoms. The molecule has 1 unspecified atom stereocenters. The molecule has 1 aromatic heterocycles. The number of aromatic nitrogens is 1. The fourth-order valence-electron chi connectivity index (χ4n) is 9.94. The van der Waals surface area contributed by atoms with Gasteiger partial charge >= 0.3 is 0 Å². The van der Waals surface area contributed by atoms with E-state index < -0.39 is 0 Å². The van der Waals surface area contributed by atoms with Gasteiger partial charge in [0.2, 0.25) is 0 Å². The predicted octanol–water partition coefficient (Wildman–Crippen LogP) is 12.6. The van der Waals surface area contributed by atoms with Gasteiger partial charge in [-0.25, -0.2) is 0 Å². The van der Waals surface area contributed by atoms with Crippen molar-refractivity contribution in [2.24, 2.45) is 0 Å². The summed E-state index contributed by atoms with van der Waals surface area (Å²) in [7, 11) is 0. The fraction of sp³-hybridized carbons (Fsp3) is 0.0204. The minimum atomic E-state index is -0.388. The van der Waals surface area contributed by atoms with E-state index in [-0.39, 0.29) is 5.41 Å². The van der Waals surface area contributed by atoms with Gasteiger partial charge in [0.05, 0.1) is 22.1 Å². The molecule has 0 bridgehead atoms. The Morgan fingerprint density at radius 3 is 1.67 bits per heavy atom. The van der Waals surface area contributed by atoms with Gasteiger partial charge in [0.25, 0.3) is 0 Å². The number of benzene rings is 8. The highest BCUT2D eigenvalue weighted by Crippen LogP contribution is 2.71. The Bertz CT molecular complexity index is 2880. The fourth-order valence-corrected chi connectivity index (χ4v) is 9.94. The number of fused-ring (bicyclic) bond motifs is 8. The van der Waals surface area contributed by atoms with Crippen molar-refractivity contribution in [2.45, 2.75) is 5.41 Å². The van der Waals surface area contributed by atoms with Crippen LogP contribution in [0.25, 0.3) is 60.9 Å². The lowest BCUT2D eigenvalue weighted by Crippen LogP contribution is -2.26. The van der Waals surface area contributed by atoms with E-state index in [0.29, 0.717) is 0 Å². The first-order valence-corrected chi connectivity index (χ1v) is 17.8. The normalized spacial score (nSPS) is 15.5. The lowest BCUT2D eigenvalue weighted by molar-refractivity contribution is 0.817. The molecular formula is C49H30N2. The summed E-state index contributed by atoms with van der Waals surface area (Å²) in [5.41, 5.74) is 20.4. The summed E-state index contributed by atoms with van der Waals surface area (Å²) in [6, 6.07) is 67.4. The molecule has 3 aliphatic carbocycles. The SMILES string of the molecule is c1ccc(N(c2ccc3c(c2)c2ccccc2n3-c2ccccc2)c2cccc3c2C24c5ccccc5-c5cccc(c52)-c2cccc-3c24)cc1. The number of anilines is 3. The monoisotopic (exact) mass is 646 g/mol. The second-order valence-corrected chi connectivity index (χ2v) is 14.0. The van der Waals surface area contributed by atoms with Crippen molar-refractivity contribution in [3.8, 4) is 39.1 Å². The van der Waals surface area contributed by atoms with Gasteiger partial charge in [-0.05, 0) is 105 Å². The molecule has 8 aromatic carbocycles. The zero-order valence-electron chi connectivity index (χ0n) is 27.7. The molecule has 0 saturated carbocycles. The summed E-state index contributed by atoms with van der Waals surface area (Å²) in [5.74, 6) is 0. The number of hydrogen-bond donors (Lipinski definition) is 0. The molecule has 0 amide bonds. The maximum absolute atomic E-state index is 2.51. The maximum atomic E-state index is 2.51. The van der Waals surface area contributed by atoms with E-state index >= 15 is 0 Å². The van der Waals surface area contributed by atoms with Crippen LogP contribution in [0.1, 0.15) is 22.3 Å². The summed E-state index contributed by atoms with van der Waals surface area (Å²) >= 11 is 0. The molecule has 236 valence electrons. The Kier molecular flexibility index (Phi) is 5.20. The molecular weight excluding hydrogens is 617 g/mol. The third kappa shape index (κ3) is 3.28. The molecule has 1 atom stereocenters. The largest absolute Gasteiger partial charge is 0.310 e. The smallest absolute Gasteiger partial charge is 0.0758 e. The van der Waals surface area contributed by atoms with E-state index in [9.17, 15) is 0 Å².